The molecule has 28 heavy (non-hydrogen) atoms. The van der Waals surface area contributed by atoms with Gasteiger partial charge in [-0.25, -0.2) is 4.79 Å². The molecular formula is C20H22N4O4. The third-order valence-electron chi connectivity index (χ3n) is 4.35. The highest BCUT2D eigenvalue weighted by atomic mass is 16.5. The van der Waals surface area contributed by atoms with Gasteiger partial charge in [-0.15, -0.1) is 0 Å². The van der Waals surface area contributed by atoms with Crippen molar-refractivity contribution in [3.05, 3.63) is 59.4 Å². The Bertz CT molecular complexity index is 991. The minimum Gasteiger partial charge on any atom is -0.449 e. The number of aromatic nitrogens is 3. The summed E-state index contributed by atoms with van der Waals surface area (Å²) >= 11 is 0. The van der Waals surface area contributed by atoms with Crippen molar-refractivity contribution in [3.8, 4) is 5.69 Å². The number of anilines is 1. The molecule has 0 radical (unpaired) electrons. The van der Waals surface area contributed by atoms with E-state index in [0.29, 0.717) is 17.7 Å². The largest absolute Gasteiger partial charge is 0.449 e. The number of nitrogens with one attached hydrogen (secondary N) is 1. The summed E-state index contributed by atoms with van der Waals surface area (Å²) in [5, 5.41) is 6.31. The average Bonchev–Trinajstić information content (AvgIpc) is 3.22. The zero-order chi connectivity index (χ0) is 20.3. The molecule has 1 amide bonds. The molecule has 1 atom stereocenters. The van der Waals surface area contributed by atoms with E-state index in [0.717, 1.165) is 17.1 Å². The van der Waals surface area contributed by atoms with Gasteiger partial charge in [0.05, 0.1) is 17.4 Å². The van der Waals surface area contributed by atoms with Gasteiger partial charge in [0.25, 0.3) is 5.91 Å². The summed E-state index contributed by atoms with van der Waals surface area (Å²) in [7, 11) is 0. The number of ether oxygens (including phenoxy) is 1. The molecule has 0 aliphatic heterocycles. The molecule has 0 bridgehead atoms. The molecule has 8 nitrogen and oxygen atoms in total. The highest BCUT2D eigenvalue weighted by Gasteiger charge is 2.25. The first-order valence-electron chi connectivity index (χ1n) is 8.95. The summed E-state index contributed by atoms with van der Waals surface area (Å²) in [5.74, 6) is -0.151. The van der Waals surface area contributed by atoms with E-state index in [9.17, 15) is 9.59 Å². The smallest absolute Gasteiger partial charge is 0.340 e. The molecule has 0 saturated heterocycles. The third-order valence-corrected chi connectivity index (χ3v) is 4.35. The van der Waals surface area contributed by atoms with Gasteiger partial charge >= 0.3 is 5.97 Å². The van der Waals surface area contributed by atoms with E-state index < -0.39 is 18.0 Å². The summed E-state index contributed by atoms with van der Waals surface area (Å²) < 4.78 is 12.3. The van der Waals surface area contributed by atoms with Crippen LogP contribution < -0.4 is 5.32 Å². The van der Waals surface area contributed by atoms with Crippen molar-refractivity contribution in [2.24, 2.45) is 0 Å². The lowest BCUT2D eigenvalue weighted by Gasteiger charge is -2.15. The zero-order valence-electron chi connectivity index (χ0n) is 16.2. The lowest BCUT2D eigenvalue weighted by atomic mass is 10.2. The maximum atomic E-state index is 12.7. The molecule has 3 aromatic heterocycles. The summed E-state index contributed by atoms with van der Waals surface area (Å²) in [6.45, 7) is 7.21. The molecule has 0 unspecified atom stereocenters. The van der Waals surface area contributed by atoms with Crippen LogP contribution in [0.5, 0.6) is 0 Å². The van der Waals surface area contributed by atoms with Crippen LogP contribution in [-0.2, 0) is 9.53 Å². The molecule has 3 rings (SSSR count). The number of nitrogens with zero attached hydrogens (tertiary/aromatic N) is 3. The van der Waals surface area contributed by atoms with Crippen LogP contribution in [0.15, 0.2) is 41.2 Å². The first-order chi connectivity index (χ1) is 13.4. The summed E-state index contributed by atoms with van der Waals surface area (Å²) in [5.41, 5.74) is 2.85. The fraction of sp³-hybridized carbons (Fsp3) is 0.300. The van der Waals surface area contributed by atoms with Crippen molar-refractivity contribution in [1.29, 1.82) is 0 Å². The predicted octanol–water partition coefficient (Wildman–Crippen LogP) is 3.36. The monoisotopic (exact) mass is 382 g/mol. The Morgan fingerprint density at radius 3 is 2.68 bits per heavy atom. The van der Waals surface area contributed by atoms with Gasteiger partial charge in [-0.3, -0.25) is 9.78 Å². The zero-order valence-corrected chi connectivity index (χ0v) is 16.2. The second kappa shape index (κ2) is 8.08. The predicted molar refractivity (Wildman–Crippen MR) is 102 cm³/mol. The first-order valence-corrected chi connectivity index (χ1v) is 8.95. The first kappa shape index (κ1) is 19.3. The molecule has 8 heteroatoms. The number of amides is 1. The average molecular weight is 382 g/mol. The SMILES string of the molecule is CC[C@@H](OC(=O)c1cc(C)n(-c2cccnc2)c1C)C(=O)Nc1cc(C)on1. The Morgan fingerprint density at radius 1 is 1.29 bits per heavy atom. The molecule has 0 aromatic carbocycles. The van der Waals surface area contributed by atoms with Crippen molar-refractivity contribution < 1.29 is 18.8 Å². The van der Waals surface area contributed by atoms with Crippen LogP contribution in [0.4, 0.5) is 5.82 Å². The highest BCUT2D eigenvalue weighted by molar-refractivity contribution is 5.97. The Labute approximate surface area is 162 Å². The van der Waals surface area contributed by atoms with Gasteiger partial charge in [-0.1, -0.05) is 12.1 Å². The van der Waals surface area contributed by atoms with Crippen LogP contribution in [0.1, 0.15) is 40.9 Å². The van der Waals surface area contributed by atoms with Gasteiger partial charge in [0.15, 0.2) is 11.9 Å². The molecule has 0 saturated carbocycles. The number of aryl methyl sites for hydroxylation is 2. The summed E-state index contributed by atoms with van der Waals surface area (Å²) in [4.78, 5) is 29.3. The number of hydrogen-bond donors (Lipinski definition) is 1. The van der Waals surface area contributed by atoms with Gasteiger partial charge < -0.3 is 19.1 Å². The molecule has 0 fully saturated rings. The van der Waals surface area contributed by atoms with Gasteiger partial charge in [-0.2, -0.15) is 0 Å². The van der Waals surface area contributed by atoms with Crippen molar-refractivity contribution >= 4 is 17.7 Å². The van der Waals surface area contributed by atoms with Gasteiger partial charge in [0.2, 0.25) is 0 Å². The minimum atomic E-state index is -0.939. The van der Waals surface area contributed by atoms with E-state index in [1.165, 1.54) is 0 Å². The van der Waals surface area contributed by atoms with Gasteiger partial charge in [0, 0.05) is 23.7 Å². The number of esters is 1. The molecular weight excluding hydrogens is 360 g/mol. The van der Waals surface area contributed by atoms with Crippen molar-refractivity contribution in [2.75, 3.05) is 5.32 Å². The number of hydrogen-bond acceptors (Lipinski definition) is 6. The standard InChI is InChI=1S/C20H22N4O4/c1-5-17(19(25)22-18-10-13(3)28-23-18)27-20(26)16-9-12(2)24(14(16)4)15-7-6-8-21-11-15/h6-11,17H,5H2,1-4H3,(H,22,23,25)/t17-/m1/s1. The summed E-state index contributed by atoms with van der Waals surface area (Å²) in [6.07, 6.45) is 2.80. The quantitative estimate of drug-likeness (QED) is 0.656. The van der Waals surface area contributed by atoms with Gasteiger partial charge in [-0.05, 0) is 45.4 Å². The van der Waals surface area contributed by atoms with E-state index in [2.05, 4.69) is 15.5 Å². The fourth-order valence-electron chi connectivity index (χ4n) is 3.00. The number of rotatable bonds is 6. The lowest BCUT2D eigenvalue weighted by molar-refractivity contribution is -0.124. The molecule has 0 aliphatic rings. The Morgan fingerprint density at radius 2 is 2.07 bits per heavy atom. The Hall–Kier alpha value is -3.42. The maximum absolute atomic E-state index is 12.7. The van der Waals surface area contributed by atoms with Crippen LogP contribution in [0, 0.1) is 20.8 Å². The third kappa shape index (κ3) is 3.95. The van der Waals surface area contributed by atoms with Crippen molar-refractivity contribution in [1.82, 2.24) is 14.7 Å². The van der Waals surface area contributed by atoms with Crippen LogP contribution >= 0.6 is 0 Å². The van der Waals surface area contributed by atoms with Crippen molar-refractivity contribution in [2.45, 2.75) is 40.2 Å². The van der Waals surface area contributed by atoms with Crippen molar-refractivity contribution in [3.63, 3.8) is 0 Å². The molecule has 3 aromatic rings. The lowest BCUT2D eigenvalue weighted by Crippen LogP contribution is -2.32. The Kier molecular flexibility index (Phi) is 5.58. The minimum absolute atomic E-state index is 0.284. The second-order valence-electron chi connectivity index (χ2n) is 6.45. The number of pyridine rings is 1. The molecule has 3 heterocycles. The topological polar surface area (TPSA) is 99.2 Å². The number of carbonyl (C=O) groups excluding carboxylic acids is 2. The molecule has 1 N–H and O–H groups in total. The Balaban J connectivity index is 1.77. The molecule has 0 spiro atoms. The van der Waals surface area contributed by atoms with Gasteiger partial charge in [0.1, 0.15) is 5.76 Å². The van der Waals surface area contributed by atoms with E-state index in [1.807, 2.05) is 30.5 Å². The van der Waals surface area contributed by atoms with Crippen LogP contribution in [0.3, 0.4) is 0 Å². The second-order valence-corrected chi connectivity index (χ2v) is 6.45. The molecule has 0 aliphatic carbocycles. The van der Waals surface area contributed by atoms with E-state index in [-0.39, 0.29) is 5.82 Å². The van der Waals surface area contributed by atoms with Crippen LogP contribution in [-0.4, -0.2) is 32.7 Å². The maximum Gasteiger partial charge on any atom is 0.340 e. The van der Waals surface area contributed by atoms with E-state index in [1.54, 1.807) is 38.4 Å². The highest BCUT2D eigenvalue weighted by Crippen LogP contribution is 2.22. The van der Waals surface area contributed by atoms with E-state index >= 15 is 0 Å². The fourth-order valence-corrected chi connectivity index (χ4v) is 3.00. The number of carbonyl (C=O) groups is 2. The van der Waals surface area contributed by atoms with E-state index in [4.69, 9.17) is 9.26 Å². The van der Waals surface area contributed by atoms with Crippen LogP contribution in [0.2, 0.25) is 0 Å². The summed E-state index contributed by atoms with van der Waals surface area (Å²) in [6, 6.07) is 7.07. The van der Waals surface area contributed by atoms with Crippen LogP contribution in [0.25, 0.3) is 5.69 Å². The normalized spacial score (nSPS) is 11.9. The molecule has 146 valence electrons.